The molecule has 1 aliphatic rings. The first-order chi connectivity index (χ1) is 11.6. The highest BCUT2D eigenvalue weighted by atomic mass is 32.1. The fourth-order valence-electron chi connectivity index (χ4n) is 3.07. The number of thiophene rings is 1. The van der Waals surface area contributed by atoms with Crippen molar-refractivity contribution < 1.29 is 4.79 Å². The van der Waals surface area contributed by atoms with E-state index in [-0.39, 0.29) is 11.9 Å². The first-order valence-electron chi connectivity index (χ1n) is 8.00. The Kier molecular flexibility index (Phi) is 3.69. The molecular weight excluding hydrogens is 320 g/mol. The molecule has 0 fully saturated rings. The van der Waals surface area contributed by atoms with E-state index in [1.54, 1.807) is 0 Å². The van der Waals surface area contributed by atoms with Crippen molar-refractivity contribution in [2.24, 2.45) is 0 Å². The van der Waals surface area contributed by atoms with Gasteiger partial charge in [-0.3, -0.25) is 4.79 Å². The van der Waals surface area contributed by atoms with E-state index in [1.165, 1.54) is 11.3 Å². The number of nitrogens with zero attached hydrogens (tertiary/aromatic N) is 4. The minimum Gasteiger partial charge on any atom is -0.326 e. The molecule has 0 saturated heterocycles. The summed E-state index contributed by atoms with van der Waals surface area (Å²) in [5.74, 6) is 1.66. The number of amides is 1. The molecule has 2 aromatic heterocycles. The molecule has 24 heavy (non-hydrogen) atoms. The number of rotatable bonds is 2. The summed E-state index contributed by atoms with van der Waals surface area (Å²) in [6, 6.07) is 11.8. The lowest BCUT2D eigenvalue weighted by Crippen LogP contribution is -2.41. The summed E-state index contributed by atoms with van der Waals surface area (Å²) in [5, 5.41) is 6.58. The average Bonchev–Trinajstić information content (AvgIpc) is 3.22. The van der Waals surface area contributed by atoms with Crippen LogP contribution in [0.4, 0.5) is 0 Å². The van der Waals surface area contributed by atoms with Crippen molar-refractivity contribution >= 4 is 17.2 Å². The number of benzene rings is 1. The Morgan fingerprint density at radius 1 is 1.21 bits per heavy atom. The van der Waals surface area contributed by atoms with Gasteiger partial charge in [0.2, 0.25) is 0 Å². The van der Waals surface area contributed by atoms with Crippen molar-refractivity contribution in [1.29, 1.82) is 0 Å². The molecule has 1 aromatic carbocycles. The number of hydrogen-bond donors (Lipinski definition) is 0. The summed E-state index contributed by atoms with van der Waals surface area (Å²) in [6.07, 6.45) is 0. The van der Waals surface area contributed by atoms with E-state index in [1.807, 2.05) is 65.2 Å². The van der Waals surface area contributed by atoms with E-state index in [4.69, 9.17) is 4.98 Å². The fourth-order valence-corrected chi connectivity index (χ4v) is 3.95. The average molecular weight is 338 g/mol. The van der Waals surface area contributed by atoms with Gasteiger partial charge < -0.3 is 4.90 Å². The van der Waals surface area contributed by atoms with Crippen molar-refractivity contribution in [1.82, 2.24) is 19.7 Å². The second-order valence-corrected chi connectivity index (χ2v) is 6.91. The molecule has 1 amide bonds. The molecule has 0 radical (unpaired) electrons. The van der Waals surface area contributed by atoms with Crippen LogP contribution in [0.15, 0.2) is 41.8 Å². The number of carbonyl (C=O) groups is 1. The molecule has 122 valence electrons. The maximum atomic E-state index is 12.9. The van der Waals surface area contributed by atoms with E-state index < -0.39 is 0 Å². The van der Waals surface area contributed by atoms with E-state index >= 15 is 0 Å². The van der Waals surface area contributed by atoms with Crippen LogP contribution in [0.25, 0.3) is 11.4 Å². The molecule has 3 aromatic rings. The van der Waals surface area contributed by atoms with Gasteiger partial charge in [0.05, 0.1) is 17.5 Å². The molecule has 6 heteroatoms. The summed E-state index contributed by atoms with van der Waals surface area (Å²) >= 11 is 1.50. The molecule has 0 aliphatic carbocycles. The first kappa shape index (κ1) is 15.1. The molecule has 0 bridgehead atoms. The normalized spacial score (nSPS) is 16.9. The minimum atomic E-state index is -0.0855. The van der Waals surface area contributed by atoms with E-state index in [2.05, 4.69) is 5.10 Å². The lowest BCUT2D eigenvalue weighted by molar-refractivity contribution is 0.0635. The van der Waals surface area contributed by atoms with Crippen molar-refractivity contribution in [3.05, 3.63) is 58.0 Å². The number of aryl methyl sites for hydroxylation is 1. The summed E-state index contributed by atoms with van der Waals surface area (Å²) in [6.45, 7) is 5.33. The van der Waals surface area contributed by atoms with Gasteiger partial charge in [0.25, 0.3) is 5.91 Å². The van der Waals surface area contributed by atoms with Crippen LogP contribution in [-0.2, 0) is 6.54 Å². The zero-order valence-corrected chi connectivity index (χ0v) is 14.5. The lowest BCUT2D eigenvalue weighted by atomic mass is 10.2. The predicted molar refractivity (Wildman–Crippen MR) is 94.0 cm³/mol. The lowest BCUT2D eigenvalue weighted by Gasteiger charge is -2.32. The number of fused-ring (bicyclic) bond motifs is 1. The van der Waals surface area contributed by atoms with Crippen molar-refractivity contribution in [3.63, 3.8) is 0 Å². The smallest absolute Gasteiger partial charge is 0.264 e. The first-order valence-corrected chi connectivity index (χ1v) is 8.88. The van der Waals surface area contributed by atoms with Crippen LogP contribution < -0.4 is 0 Å². The largest absolute Gasteiger partial charge is 0.326 e. The van der Waals surface area contributed by atoms with Gasteiger partial charge in [-0.05, 0) is 30.9 Å². The summed E-state index contributed by atoms with van der Waals surface area (Å²) in [7, 11) is 0. The van der Waals surface area contributed by atoms with Gasteiger partial charge >= 0.3 is 0 Å². The third-order valence-electron chi connectivity index (χ3n) is 4.44. The van der Waals surface area contributed by atoms with E-state index in [0.717, 1.165) is 27.7 Å². The molecule has 0 N–H and O–H groups in total. The topological polar surface area (TPSA) is 51.0 Å². The molecule has 1 aliphatic heterocycles. The Hall–Kier alpha value is -2.47. The summed E-state index contributed by atoms with van der Waals surface area (Å²) in [4.78, 5) is 20.3. The third-order valence-corrected chi connectivity index (χ3v) is 5.45. The zero-order valence-electron chi connectivity index (χ0n) is 13.6. The van der Waals surface area contributed by atoms with Gasteiger partial charge in [0, 0.05) is 12.1 Å². The predicted octanol–water partition coefficient (Wildman–Crippen LogP) is 3.53. The molecular formula is C18H18N4OS. The van der Waals surface area contributed by atoms with Gasteiger partial charge in [-0.25, -0.2) is 9.67 Å². The Bertz CT molecular complexity index is 884. The van der Waals surface area contributed by atoms with Gasteiger partial charge in [0.15, 0.2) is 5.82 Å². The van der Waals surface area contributed by atoms with Crippen LogP contribution in [0.1, 0.15) is 34.0 Å². The highest BCUT2D eigenvalue weighted by molar-refractivity contribution is 7.12. The highest BCUT2D eigenvalue weighted by Crippen LogP contribution is 2.29. The second kappa shape index (κ2) is 5.87. The van der Waals surface area contributed by atoms with Crippen molar-refractivity contribution in [2.45, 2.75) is 26.4 Å². The van der Waals surface area contributed by atoms with Crippen molar-refractivity contribution in [2.75, 3.05) is 6.54 Å². The van der Waals surface area contributed by atoms with Gasteiger partial charge in [-0.15, -0.1) is 11.3 Å². The third kappa shape index (κ3) is 2.43. The van der Waals surface area contributed by atoms with Crippen LogP contribution in [0.5, 0.6) is 0 Å². The van der Waals surface area contributed by atoms with Crippen LogP contribution in [0.2, 0.25) is 0 Å². The minimum absolute atomic E-state index is 0.0855. The molecule has 0 saturated carbocycles. The molecule has 1 atom stereocenters. The number of carbonyl (C=O) groups excluding carboxylic acids is 1. The quantitative estimate of drug-likeness (QED) is 0.718. The van der Waals surface area contributed by atoms with Crippen LogP contribution in [0.3, 0.4) is 0 Å². The van der Waals surface area contributed by atoms with Gasteiger partial charge in [-0.1, -0.05) is 30.3 Å². The van der Waals surface area contributed by atoms with Crippen molar-refractivity contribution in [3.8, 4) is 11.4 Å². The van der Waals surface area contributed by atoms with Gasteiger partial charge in [0.1, 0.15) is 5.82 Å². The van der Waals surface area contributed by atoms with E-state index in [0.29, 0.717) is 13.1 Å². The van der Waals surface area contributed by atoms with Crippen LogP contribution in [-0.4, -0.2) is 32.1 Å². The van der Waals surface area contributed by atoms with E-state index in [9.17, 15) is 4.79 Å². The van der Waals surface area contributed by atoms with Crippen LogP contribution >= 0.6 is 11.3 Å². The fraction of sp³-hybridized carbons (Fsp3) is 0.278. The molecule has 3 heterocycles. The summed E-state index contributed by atoms with van der Waals surface area (Å²) < 4.78 is 1.93. The maximum absolute atomic E-state index is 12.9. The highest BCUT2D eigenvalue weighted by Gasteiger charge is 2.32. The molecule has 5 nitrogen and oxygen atoms in total. The SMILES string of the molecule is Cc1ccsc1C(=O)N1CCn2nc(-c3ccccc3)nc2[C@@H]1C. The number of aromatic nitrogens is 3. The Balaban J connectivity index is 1.65. The standard InChI is InChI=1S/C18H18N4OS/c1-12-8-11-24-15(12)18(23)21-9-10-22-17(13(21)2)19-16(20-22)14-6-4-3-5-7-14/h3-8,11,13H,9-10H2,1-2H3/t13-/m0/s1. The monoisotopic (exact) mass is 338 g/mol. The maximum Gasteiger partial charge on any atom is 0.264 e. The van der Waals surface area contributed by atoms with Gasteiger partial charge in [-0.2, -0.15) is 5.10 Å². The molecule has 4 rings (SSSR count). The second-order valence-electron chi connectivity index (χ2n) is 5.99. The Morgan fingerprint density at radius 3 is 2.71 bits per heavy atom. The number of hydrogen-bond acceptors (Lipinski definition) is 4. The Morgan fingerprint density at radius 2 is 2.00 bits per heavy atom. The zero-order chi connectivity index (χ0) is 16.7. The molecule has 0 unspecified atom stereocenters. The molecule has 0 spiro atoms. The Labute approximate surface area is 144 Å². The van der Waals surface area contributed by atoms with Crippen LogP contribution in [0, 0.1) is 6.92 Å². The summed E-state index contributed by atoms with van der Waals surface area (Å²) in [5.41, 5.74) is 2.03.